The monoisotopic (exact) mass is 461 g/mol. The van der Waals surface area contributed by atoms with E-state index < -0.39 is 6.10 Å². The van der Waals surface area contributed by atoms with Gasteiger partial charge in [-0.1, -0.05) is 77.9 Å². The maximum atomic E-state index is 11.3. The van der Waals surface area contributed by atoms with Crippen LogP contribution in [0, 0.1) is 18.8 Å². The third-order valence-corrected chi connectivity index (χ3v) is 7.20. The number of hydrogen-bond donors (Lipinski definition) is 1. The smallest absolute Gasteiger partial charge is 0.0917 e. The molecule has 0 saturated carbocycles. The summed E-state index contributed by atoms with van der Waals surface area (Å²) < 4.78 is 0. The first-order valence-corrected chi connectivity index (χ1v) is 13.5. The average Bonchev–Trinajstić information content (AvgIpc) is 2.77. The Labute approximate surface area is 208 Å². The Hall–Kier alpha value is -1.90. The van der Waals surface area contributed by atoms with Crippen LogP contribution in [-0.2, 0) is 0 Å². The summed E-state index contributed by atoms with van der Waals surface area (Å²) in [4.78, 5) is 2.49. The molecule has 0 bridgehead atoms. The van der Waals surface area contributed by atoms with Gasteiger partial charge in [-0.05, 0) is 108 Å². The fraction of sp³-hybridized carbons (Fsp3) is 0.562. The lowest BCUT2D eigenvalue weighted by atomic mass is 9.92. The number of aliphatic hydroxyl groups excluding tert-OH is 1. The summed E-state index contributed by atoms with van der Waals surface area (Å²) in [5, 5.41) is 16.4. The second-order valence-electron chi connectivity index (χ2n) is 11.5. The number of fused-ring (bicyclic) bond motifs is 3. The molecule has 2 heteroatoms. The highest BCUT2D eigenvalue weighted by molar-refractivity contribution is 6.08. The zero-order valence-corrected chi connectivity index (χ0v) is 22.7. The van der Waals surface area contributed by atoms with Crippen LogP contribution in [0.3, 0.4) is 0 Å². The average molecular weight is 462 g/mol. The van der Waals surface area contributed by atoms with Gasteiger partial charge in [0.1, 0.15) is 0 Å². The van der Waals surface area contributed by atoms with Crippen molar-refractivity contribution in [1.82, 2.24) is 4.90 Å². The van der Waals surface area contributed by atoms with Crippen molar-refractivity contribution >= 4 is 21.5 Å². The van der Waals surface area contributed by atoms with Crippen molar-refractivity contribution in [2.24, 2.45) is 11.8 Å². The standard InChI is InChI=1S/C32H47NO/c1-22(2)10-8-16-33(17-9-11-23(3)4)21-32(34)28-18-25(7)29-14-13-27-19-26(24(5)6)12-15-30(27)31(29)20-28/h12-15,18-20,22-24,32,34H,8-11,16-17,21H2,1-7H3/t32-/m0/s1. The van der Waals surface area contributed by atoms with E-state index in [0.29, 0.717) is 12.5 Å². The van der Waals surface area contributed by atoms with Crippen LogP contribution in [-0.4, -0.2) is 29.6 Å². The van der Waals surface area contributed by atoms with Gasteiger partial charge in [0.05, 0.1) is 6.10 Å². The minimum absolute atomic E-state index is 0.466. The molecule has 3 aromatic rings. The molecular weight excluding hydrogens is 414 g/mol. The Bertz CT molecular complexity index is 1050. The van der Waals surface area contributed by atoms with Crippen LogP contribution in [0.4, 0.5) is 0 Å². The molecule has 0 spiro atoms. The molecule has 186 valence electrons. The van der Waals surface area contributed by atoms with Gasteiger partial charge in [-0.25, -0.2) is 0 Å². The molecule has 0 aliphatic carbocycles. The Kier molecular flexibility index (Phi) is 9.56. The zero-order chi connectivity index (χ0) is 24.8. The van der Waals surface area contributed by atoms with Crippen LogP contribution < -0.4 is 0 Å². The van der Waals surface area contributed by atoms with Crippen molar-refractivity contribution in [1.29, 1.82) is 0 Å². The van der Waals surface area contributed by atoms with Gasteiger partial charge in [-0.2, -0.15) is 0 Å². The first-order chi connectivity index (χ1) is 16.2. The van der Waals surface area contributed by atoms with E-state index >= 15 is 0 Å². The van der Waals surface area contributed by atoms with Crippen molar-refractivity contribution < 1.29 is 5.11 Å². The first kappa shape index (κ1) is 26.7. The number of nitrogens with zero attached hydrogens (tertiary/aromatic N) is 1. The largest absolute Gasteiger partial charge is 0.387 e. The molecule has 0 aliphatic rings. The second kappa shape index (κ2) is 12.2. The normalized spacial score (nSPS) is 13.3. The van der Waals surface area contributed by atoms with E-state index in [9.17, 15) is 5.11 Å². The molecule has 0 aliphatic heterocycles. The molecule has 1 atom stereocenters. The minimum atomic E-state index is -0.466. The third-order valence-electron chi connectivity index (χ3n) is 7.20. The van der Waals surface area contributed by atoms with Crippen LogP contribution in [0.1, 0.15) is 95.9 Å². The summed E-state index contributed by atoms with van der Waals surface area (Å²) in [6.45, 7) is 18.7. The Morgan fingerprint density at radius 3 is 1.91 bits per heavy atom. The van der Waals surface area contributed by atoms with Gasteiger partial charge >= 0.3 is 0 Å². The third kappa shape index (κ3) is 7.06. The molecule has 2 nitrogen and oxygen atoms in total. The number of benzene rings is 3. The maximum absolute atomic E-state index is 11.3. The van der Waals surface area contributed by atoms with Gasteiger partial charge in [0.2, 0.25) is 0 Å². The molecule has 0 radical (unpaired) electrons. The molecule has 0 aromatic heterocycles. The Balaban J connectivity index is 1.86. The van der Waals surface area contributed by atoms with E-state index in [4.69, 9.17) is 0 Å². The lowest BCUT2D eigenvalue weighted by molar-refractivity contribution is 0.109. The van der Waals surface area contributed by atoms with Gasteiger partial charge in [0.25, 0.3) is 0 Å². The fourth-order valence-corrected chi connectivity index (χ4v) is 5.05. The summed E-state index contributed by atoms with van der Waals surface area (Å²) in [7, 11) is 0. The predicted octanol–water partition coefficient (Wildman–Crippen LogP) is 8.63. The van der Waals surface area contributed by atoms with Crippen molar-refractivity contribution in [2.75, 3.05) is 19.6 Å². The van der Waals surface area contributed by atoms with Crippen LogP contribution in [0.15, 0.2) is 42.5 Å². The highest BCUT2D eigenvalue weighted by Gasteiger charge is 2.16. The highest BCUT2D eigenvalue weighted by atomic mass is 16.3. The minimum Gasteiger partial charge on any atom is -0.387 e. The van der Waals surface area contributed by atoms with Crippen LogP contribution in [0.5, 0.6) is 0 Å². The van der Waals surface area contributed by atoms with Gasteiger partial charge in [-0.3, -0.25) is 0 Å². The van der Waals surface area contributed by atoms with E-state index in [1.54, 1.807) is 0 Å². The molecule has 34 heavy (non-hydrogen) atoms. The molecule has 3 rings (SSSR count). The number of rotatable bonds is 12. The molecule has 0 fully saturated rings. The van der Waals surface area contributed by atoms with Gasteiger partial charge < -0.3 is 10.0 Å². The molecular formula is C32H47NO. The van der Waals surface area contributed by atoms with Crippen LogP contribution in [0.2, 0.25) is 0 Å². The summed E-state index contributed by atoms with van der Waals surface area (Å²) in [5.74, 6) is 1.98. The van der Waals surface area contributed by atoms with Gasteiger partial charge in [-0.15, -0.1) is 0 Å². The molecule has 3 aromatic carbocycles. The molecule has 1 N–H and O–H groups in total. The lowest BCUT2D eigenvalue weighted by Gasteiger charge is -2.26. The lowest BCUT2D eigenvalue weighted by Crippen LogP contribution is -2.31. The van der Waals surface area contributed by atoms with E-state index in [1.807, 2.05) is 0 Å². The molecule has 0 saturated heterocycles. The summed E-state index contributed by atoms with van der Waals surface area (Å²) in [6.07, 6.45) is 4.43. The highest BCUT2D eigenvalue weighted by Crippen LogP contribution is 2.32. The number of aliphatic hydroxyl groups is 1. The molecule has 0 heterocycles. The van der Waals surface area contributed by atoms with Crippen molar-refractivity contribution in [3.05, 3.63) is 59.2 Å². The Morgan fingerprint density at radius 1 is 0.706 bits per heavy atom. The summed E-state index contributed by atoms with van der Waals surface area (Å²) >= 11 is 0. The van der Waals surface area contributed by atoms with Crippen molar-refractivity contribution in [3.8, 4) is 0 Å². The maximum Gasteiger partial charge on any atom is 0.0917 e. The molecule has 0 amide bonds. The quantitative estimate of drug-likeness (QED) is 0.273. The number of aryl methyl sites for hydroxylation is 1. The molecule has 0 unspecified atom stereocenters. The summed E-state index contributed by atoms with van der Waals surface area (Å²) in [5.41, 5.74) is 3.66. The van der Waals surface area contributed by atoms with Crippen LogP contribution >= 0.6 is 0 Å². The van der Waals surface area contributed by atoms with E-state index in [0.717, 1.165) is 30.5 Å². The van der Waals surface area contributed by atoms with E-state index in [-0.39, 0.29) is 0 Å². The van der Waals surface area contributed by atoms with E-state index in [2.05, 4.69) is 95.8 Å². The van der Waals surface area contributed by atoms with Gasteiger partial charge in [0.15, 0.2) is 0 Å². The number of hydrogen-bond acceptors (Lipinski definition) is 2. The SMILES string of the molecule is Cc1cc([C@@H](O)CN(CCCC(C)C)CCCC(C)C)cc2c1ccc1cc(C(C)C)ccc12. The van der Waals surface area contributed by atoms with Crippen molar-refractivity contribution in [2.45, 2.75) is 86.2 Å². The predicted molar refractivity (Wildman–Crippen MR) is 150 cm³/mol. The topological polar surface area (TPSA) is 23.5 Å². The second-order valence-corrected chi connectivity index (χ2v) is 11.5. The summed E-state index contributed by atoms with van der Waals surface area (Å²) in [6, 6.07) is 15.8. The first-order valence-electron chi connectivity index (χ1n) is 13.5. The Morgan fingerprint density at radius 2 is 1.32 bits per heavy atom. The van der Waals surface area contributed by atoms with Gasteiger partial charge in [0, 0.05) is 6.54 Å². The fourth-order valence-electron chi connectivity index (χ4n) is 5.05. The van der Waals surface area contributed by atoms with Crippen molar-refractivity contribution in [3.63, 3.8) is 0 Å². The zero-order valence-electron chi connectivity index (χ0n) is 22.7. The van der Waals surface area contributed by atoms with Crippen LogP contribution in [0.25, 0.3) is 21.5 Å². The van der Waals surface area contributed by atoms with E-state index in [1.165, 1.54) is 58.4 Å².